The van der Waals surface area contributed by atoms with E-state index >= 15 is 0 Å². The first-order valence-electron chi connectivity index (χ1n) is 5.57. The smallest absolute Gasteiger partial charge is 0.275 e. The van der Waals surface area contributed by atoms with Crippen molar-refractivity contribution in [3.63, 3.8) is 0 Å². The van der Waals surface area contributed by atoms with Crippen LogP contribution in [0.4, 0.5) is 5.69 Å². The molecular formula is C12H15NO5S. The van der Waals surface area contributed by atoms with E-state index in [0.29, 0.717) is 5.56 Å². The van der Waals surface area contributed by atoms with Crippen LogP contribution in [-0.4, -0.2) is 32.1 Å². The number of aliphatic hydroxyl groups excluding tert-OH is 2. The lowest BCUT2D eigenvalue weighted by molar-refractivity contribution is -0.386. The van der Waals surface area contributed by atoms with Crippen LogP contribution in [0.15, 0.2) is 18.2 Å². The molecule has 0 saturated carbocycles. The lowest BCUT2D eigenvalue weighted by Gasteiger charge is -2.17. The van der Waals surface area contributed by atoms with Crippen molar-refractivity contribution in [1.29, 1.82) is 0 Å². The van der Waals surface area contributed by atoms with Gasteiger partial charge in [-0.25, -0.2) is 0 Å². The van der Waals surface area contributed by atoms with Gasteiger partial charge in [0.1, 0.15) is 6.10 Å². The summed E-state index contributed by atoms with van der Waals surface area (Å²) in [6.07, 6.45) is -2.64. The van der Waals surface area contributed by atoms with Crippen LogP contribution in [-0.2, 0) is 4.79 Å². The number of hydrogen-bond donors (Lipinski definition) is 2. The number of nitrogens with zero attached hydrogens (tertiary/aromatic N) is 1. The van der Waals surface area contributed by atoms with E-state index in [-0.39, 0.29) is 22.1 Å². The van der Waals surface area contributed by atoms with Gasteiger partial charge in [0.25, 0.3) is 5.69 Å². The molecule has 0 aliphatic carbocycles. The van der Waals surface area contributed by atoms with Crippen LogP contribution in [0, 0.1) is 17.0 Å². The van der Waals surface area contributed by atoms with E-state index < -0.39 is 17.1 Å². The predicted octanol–water partition coefficient (Wildman–Crippen LogP) is 1.58. The third-order valence-corrected chi connectivity index (χ3v) is 3.44. The van der Waals surface area contributed by atoms with E-state index in [2.05, 4.69) is 0 Å². The number of rotatable bonds is 5. The summed E-state index contributed by atoms with van der Waals surface area (Å²) in [6, 6.07) is 4.37. The molecule has 0 aliphatic rings. The maximum absolute atomic E-state index is 10.9. The number of hydrogen-bond acceptors (Lipinski definition) is 6. The zero-order chi connectivity index (χ0) is 14.6. The predicted molar refractivity (Wildman–Crippen MR) is 71.9 cm³/mol. The zero-order valence-electron chi connectivity index (χ0n) is 10.6. The minimum absolute atomic E-state index is 0.0124. The van der Waals surface area contributed by atoms with Crippen molar-refractivity contribution in [3.05, 3.63) is 39.4 Å². The lowest BCUT2D eigenvalue weighted by Crippen LogP contribution is -2.22. The van der Waals surface area contributed by atoms with E-state index in [4.69, 9.17) is 0 Å². The largest absolute Gasteiger partial charge is 0.389 e. The van der Waals surface area contributed by atoms with Crippen LogP contribution in [0.5, 0.6) is 0 Å². The number of aryl methyl sites for hydroxylation is 1. The fourth-order valence-electron chi connectivity index (χ4n) is 1.56. The molecule has 0 fully saturated rings. The number of nitro groups is 1. The van der Waals surface area contributed by atoms with Crippen LogP contribution in [0.25, 0.3) is 0 Å². The van der Waals surface area contributed by atoms with Gasteiger partial charge in [-0.05, 0) is 18.6 Å². The topological polar surface area (TPSA) is 101 Å². The monoisotopic (exact) mass is 285 g/mol. The van der Waals surface area contributed by atoms with Gasteiger partial charge in [0, 0.05) is 18.7 Å². The molecule has 0 aromatic heterocycles. The van der Waals surface area contributed by atoms with Gasteiger partial charge < -0.3 is 10.2 Å². The first kappa shape index (κ1) is 15.6. The van der Waals surface area contributed by atoms with Gasteiger partial charge in [-0.1, -0.05) is 17.8 Å². The van der Waals surface area contributed by atoms with Gasteiger partial charge in [-0.3, -0.25) is 14.9 Å². The molecule has 1 aromatic rings. The van der Waals surface area contributed by atoms with Gasteiger partial charge >= 0.3 is 0 Å². The zero-order valence-corrected chi connectivity index (χ0v) is 11.4. The highest BCUT2D eigenvalue weighted by Crippen LogP contribution is 2.29. The van der Waals surface area contributed by atoms with Crippen LogP contribution < -0.4 is 0 Å². The first-order valence-corrected chi connectivity index (χ1v) is 6.56. The number of benzene rings is 1. The second-order valence-corrected chi connectivity index (χ2v) is 5.33. The van der Waals surface area contributed by atoms with Crippen molar-refractivity contribution in [2.45, 2.75) is 26.1 Å². The molecule has 1 rings (SSSR count). The molecule has 0 aliphatic heterocycles. The summed E-state index contributed by atoms with van der Waals surface area (Å²) in [5.74, 6) is -0.0124. The van der Waals surface area contributed by atoms with Crippen LogP contribution in [0.1, 0.15) is 24.2 Å². The molecule has 2 unspecified atom stereocenters. The van der Waals surface area contributed by atoms with Crippen molar-refractivity contribution in [3.8, 4) is 0 Å². The fourth-order valence-corrected chi connectivity index (χ4v) is 2.15. The molecule has 0 heterocycles. The Balaban J connectivity index is 2.95. The van der Waals surface area contributed by atoms with Gasteiger partial charge in [-0.15, -0.1) is 0 Å². The number of aliphatic hydroxyl groups is 2. The van der Waals surface area contributed by atoms with E-state index in [1.807, 2.05) is 0 Å². The Morgan fingerprint density at radius 2 is 2.11 bits per heavy atom. The number of nitro benzene ring substituents is 1. The molecule has 0 spiro atoms. The Labute approximate surface area is 114 Å². The third kappa shape index (κ3) is 4.30. The maximum Gasteiger partial charge on any atom is 0.275 e. The van der Waals surface area contributed by atoms with Gasteiger partial charge in [0.2, 0.25) is 0 Å². The summed E-state index contributed by atoms with van der Waals surface area (Å²) in [7, 11) is 0. The Hall–Kier alpha value is -1.44. The fraction of sp³-hybridized carbons (Fsp3) is 0.417. The molecule has 7 heteroatoms. The van der Waals surface area contributed by atoms with Gasteiger partial charge in [-0.2, -0.15) is 0 Å². The molecule has 0 bridgehead atoms. The second-order valence-electron chi connectivity index (χ2n) is 4.13. The molecule has 2 N–H and O–H groups in total. The molecular weight excluding hydrogens is 270 g/mol. The van der Waals surface area contributed by atoms with Crippen molar-refractivity contribution in [2.24, 2.45) is 0 Å². The van der Waals surface area contributed by atoms with Crippen molar-refractivity contribution < 1.29 is 19.9 Å². The Morgan fingerprint density at radius 1 is 1.47 bits per heavy atom. The summed E-state index contributed by atoms with van der Waals surface area (Å²) < 4.78 is 0. The van der Waals surface area contributed by atoms with Crippen molar-refractivity contribution >= 4 is 22.6 Å². The van der Waals surface area contributed by atoms with Crippen LogP contribution in [0.3, 0.4) is 0 Å². The minimum atomic E-state index is -1.40. The van der Waals surface area contributed by atoms with Gasteiger partial charge in [0.15, 0.2) is 5.12 Å². The minimum Gasteiger partial charge on any atom is -0.389 e. The van der Waals surface area contributed by atoms with E-state index in [1.54, 1.807) is 13.0 Å². The Morgan fingerprint density at radius 3 is 2.63 bits per heavy atom. The molecule has 2 atom stereocenters. The van der Waals surface area contributed by atoms with E-state index in [0.717, 1.165) is 11.8 Å². The first-order chi connectivity index (χ1) is 8.82. The molecule has 104 valence electrons. The summed E-state index contributed by atoms with van der Waals surface area (Å²) >= 11 is 0.861. The quantitative estimate of drug-likeness (QED) is 0.629. The highest BCUT2D eigenvalue weighted by atomic mass is 32.2. The average Bonchev–Trinajstić information content (AvgIpc) is 2.34. The lowest BCUT2D eigenvalue weighted by atomic mass is 10.0. The van der Waals surface area contributed by atoms with E-state index in [1.165, 1.54) is 19.1 Å². The molecule has 0 radical (unpaired) electrons. The number of carbonyl (C=O) groups is 1. The average molecular weight is 285 g/mol. The summed E-state index contributed by atoms with van der Waals surface area (Å²) in [5.41, 5.74) is 0.502. The summed E-state index contributed by atoms with van der Waals surface area (Å²) in [5, 5.41) is 30.4. The van der Waals surface area contributed by atoms with Crippen LogP contribution >= 0.6 is 11.8 Å². The molecule has 1 aromatic carbocycles. The van der Waals surface area contributed by atoms with Crippen LogP contribution in [0.2, 0.25) is 0 Å². The molecule has 0 amide bonds. The molecule has 19 heavy (non-hydrogen) atoms. The normalized spacial score (nSPS) is 13.9. The molecule has 6 nitrogen and oxygen atoms in total. The number of carbonyl (C=O) groups excluding carboxylic acids is 1. The molecule has 0 saturated heterocycles. The summed E-state index contributed by atoms with van der Waals surface area (Å²) in [6.45, 7) is 3.04. The van der Waals surface area contributed by atoms with Crippen molar-refractivity contribution in [1.82, 2.24) is 0 Å². The SMILES string of the molecule is CC(=O)SCC(O)C(O)c1ccc(C)cc1[N+](=O)[O-]. The van der Waals surface area contributed by atoms with Gasteiger partial charge in [0.05, 0.1) is 16.6 Å². The highest BCUT2D eigenvalue weighted by molar-refractivity contribution is 8.13. The highest BCUT2D eigenvalue weighted by Gasteiger charge is 2.26. The summed E-state index contributed by atoms with van der Waals surface area (Å²) in [4.78, 5) is 21.1. The standard InChI is InChI=1S/C12H15NO5S/c1-7-3-4-9(10(5-7)13(17)18)12(16)11(15)6-19-8(2)14/h3-5,11-12,15-16H,6H2,1-2H3. The maximum atomic E-state index is 10.9. The second kappa shape index (κ2) is 6.65. The van der Waals surface area contributed by atoms with Crippen molar-refractivity contribution in [2.75, 3.05) is 5.75 Å². The third-order valence-electron chi connectivity index (χ3n) is 2.52. The Bertz CT molecular complexity index is 491. The Kier molecular flexibility index (Phi) is 5.46. The number of thioether (sulfide) groups is 1. The van der Waals surface area contributed by atoms with E-state index in [9.17, 15) is 25.1 Å².